The second kappa shape index (κ2) is 1.85. The van der Waals surface area contributed by atoms with Crippen LogP contribution in [0.2, 0.25) is 0 Å². The van der Waals surface area contributed by atoms with Gasteiger partial charge in [-0.25, -0.2) is 4.79 Å². The molecule has 0 aliphatic heterocycles. The zero-order valence-corrected chi connectivity index (χ0v) is 4.76. The maximum absolute atomic E-state index is 10.2. The van der Waals surface area contributed by atoms with Crippen LogP contribution >= 0.6 is 0 Å². The summed E-state index contributed by atoms with van der Waals surface area (Å²) in [5.41, 5.74) is 0.181. The van der Waals surface area contributed by atoms with E-state index in [1.54, 1.807) is 0 Å². The molecule has 0 atom stereocenters. The highest BCUT2D eigenvalue weighted by molar-refractivity contribution is 5.92. The number of hydrogen-bond acceptors (Lipinski definition) is 4. The topological polar surface area (TPSA) is 82.7 Å². The van der Waals surface area contributed by atoms with Crippen LogP contribution in [-0.4, -0.2) is 15.9 Å². The van der Waals surface area contributed by atoms with Crippen LogP contribution in [0.25, 0.3) is 0 Å². The minimum atomic E-state index is -0.628. The fraction of sp³-hybridized carbons (Fsp3) is 0.250. The standard InChI is InChI=1S/C4H5N3O2/c1-2(5)3-6-4(8)9-7-3/h5H,1H3,(H,6,7,8). The van der Waals surface area contributed by atoms with E-state index >= 15 is 0 Å². The third-order valence-corrected chi connectivity index (χ3v) is 0.796. The summed E-state index contributed by atoms with van der Waals surface area (Å²) in [6.07, 6.45) is 0. The minimum Gasteiger partial charge on any atom is -0.302 e. The molecule has 0 bridgehead atoms. The zero-order chi connectivity index (χ0) is 6.85. The molecule has 9 heavy (non-hydrogen) atoms. The number of H-pyrrole nitrogens is 1. The molecule has 0 unspecified atom stereocenters. The normalized spacial score (nSPS) is 9.44. The summed E-state index contributed by atoms with van der Waals surface area (Å²) in [6.45, 7) is 1.51. The first-order valence-electron chi connectivity index (χ1n) is 2.31. The number of hydrogen-bond donors (Lipinski definition) is 2. The average Bonchev–Trinajstić information content (AvgIpc) is 2.14. The Morgan fingerprint density at radius 2 is 2.56 bits per heavy atom. The van der Waals surface area contributed by atoms with Crippen molar-refractivity contribution in [1.82, 2.24) is 10.1 Å². The highest BCUT2D eigenvalue weighted by Crippen LogP contribution is 1.82. The predicted molar refractivity (Wildman–Crippen MR) is 29.6 cm³/mol. The summed E-state index contributed by atoms with van der Waals surface area (Å²) in [5.74, 6) is -0.448. The van der Waals surface area contributed by atoms with E-state index in [-0.39, 0.29) is 11.5 Å². The average molecular weight is 127 g/mol. The lowest BCUT2D eigenvalue weighted by atomic mass is 10.4. The van der Waals surface area contributed by atoms with Gasteiger partial charge in [0.05, 0.1) is 5.71 Å². The lowest BCUT2D eigenvalue weighted by Gasteiger charge is -1.80. The number of aromatic nitrogens is 2. The van der Waals surface area contributed by atoms with Gasteiger partial charge >= 0.3 is 5.76 Å². The van der Waals surface area contributed by atoms with Crippen LogP contribution in [0.4, 0.5) is 0 Å². The zero-order valence-electron chi connectivity index (χ0n) is 4.76. The molecule has 0 radical (unpaired) electrons. The van der Waals surface area contributed by atoms with Crippen LogP contribution in [0.3, 0.4) is 0 Å². The summed E-state index contributed by atoms with van der Waals surface area (Å²) in [4.78, 5) is 12.4. The third kappa shape index (κ3) is 1.04. The first-order chi connectivity index (χ1) is 4.20. The van der Waals surface area contributed by atoms with Crippen molar-refractivity contribution in [2.75, 3.05) is 0 Å². The van der Waals surface area contributed by atoms with Gasteiger partial charge in [-0.2, -0.15) is 0 Å². The molecule has 0 aromatic carbocycles. The molecule has 0 saturated carbocycles. The van der Waals surface area contributed by atoms with Crippen LogP contribution in [0.1, 0.15) is 12.7 Å². The van der Waals surface area contributed by atoms with E-state index in [1.165, 1.54) is 6.92 Å². The Morgan fingerprint density at radius 3 is 2.78 bits per heavy atom. The van der Waals surface area contributed by atoms with Crippen LogP contribution in [0, 0.1) is 5.41 Å². The SMILES string of the molecule is CC(=N)c1noc(=O)[nH]1. The van der Waals surface area contributed by atoms with E-state index in [0.717, 1.165) is 0 Å². The summed E-state index contributed by atoms with van der Waals surface area (Å²) in [7, 11) is 0. The monoisotopic (exact) mass is 127 g/mol. The predicted octanol–water partition coefficient (Wildman–Crippen LogP) is -0.249. The van der Waals surface area contributed by atoms with Gasteiger partial charge in [-0.15, -0.1) is 0 Å². The Balaban J connectivity index is 3.12. The fourth-order valence-electron chi connectivity index (χ4n) is 0.392. The van der Waals surface area contributed by atoms with Gasteiger partial charge in [0.2, 0.25) is 0 Å². The summed E-state index contributed by atoms with van der Waals surface area (Å²) >= 11 is 0. The molecule has 1 aromatic heterocycles. The van der Waals surface area contributed by atoms with E-state index < -0.39 is 5.76 Å². The molecule has 0 spiro atoms. The van der Waals surface area contributed by atoms with E-state index in [4.69, 9.17) is 5.41 Å². The molecule has 0 aliphatic carbocycles. The number of rotatable bonds is 1. The van der Waals surface area contributed by atoms with Crippen molar-refractivity contribution >= 4 is 5.71 Å². The number of nitrogens with one attached hydrogen (secondary N) is 2. The van der Waals surface area contributed by atoms with Crippen molar-refractivity contribution < 1.29 is 4.52 Å². The van der Waals surface area contributed by atoms with Gasteiger partial charge in [-0.05, 0) is 6.92 Å². The molecule has 1 heterocycles. The van der Waals surface area contributed by atoms with Crippen LogP contribution < -0.4 is 5.76 Å². The van der Waals surface area contributed by atoms with Gasteiger partial charge in [0.15, 0.2) is 5.82 Å². The maximum atomic E-state index is 10.2. The second-order valence-electron chi connectivity index (χ2n) is 1.57. The minimum absolute atomic E-state index is 0.181. The van der Waals surface area contributed by atoms with Crippen molar-refractivity contribution in [1.29, 1.82) is 5.41 Å². The Morgan fingerprint density at radius 1 is 1.89 bits per heavy atom. The molecular weight excluding hydrogens is 122 g/mol. The molecule has 1 aromatic rings. The Labute approximate surface area is 50.2 Å². The summed E-state index contributed by atoms with van der Waals surface area (Å²) in [5, 5.41) is 10.2. The van der Waals surface area contributed by atoms with E-state index in [0.29, 0.717) is 0 Å². The lowest BCUT2D eigenvalue weighted by Crippen LogP contribution is -2.00. The van der Waals surface area contributed by atoms with Crippen LogP contribution in [0.15, 0.2) is 9.32 Å². The molecule has 2 N–H and O–H groups in total. The third-order valence-electron chi connectivity index (χ3n) is 0.796. The molecule has 0 amide bonds. The van der Waals surface area contributed by atoms with Gasteiger partial charge in [-0.1, -0.05) is 5.16 Å². The van der Waals surface area contributed by atoms with Gasteiger partial charge < -0.3 is 5.41 Å². The lowest BCUT2D eigenvalue weighted by molar-refractivity contribution is 0.385. The maximum Gasteiger partial charge on any atom is 0.439 e. The molecule has 5 heteroatoms. The van der Waals surface area contributed by atoms with E-state index in [9.17, 15) is 4.79 Å². The Hall–Kier alpha value is -1.39. The Kier molecular flexibility index (Phi) is 1.18. The van der Waals surface area contributed by atoms with E-state index in [2.05, 4.69) is 14.7 Å². The van der Waals surface area contributed by atoms with Crippen LogP contribution in [-0.2, 0) is 0 Å². The summed E-state index contributed by atoms with van der Waals surface area (Å²) < 4.78 is 4.12. The van der Waals surface area contributed by atoms with Gasteiger partial charge in [-0.3, -0.25) is 9.51 Å². The number of aromatic amines is 1. The van der Waals surface area contributed by atoms with Gasteiger partial charge in [0.1, 0.15) is 0 Å². The van der Waals surface area contributed by atoms with Crippen molar-refractivity contribution in [2.45, 2.75) is 6.92 Å². The molecule has 0 saturated heterocycles. The van der Waals surface area contributed by atoms with Gasteiger partial charge in [0.25, 0.3) is 0 Å². The van der Waals surface area contributed by atoms with Crippen molar-refractivity contribution in [3.8, 4) is 0 Å². The molecule has 5 nitrogen and oxygen atoms in total. The molecule has 48 valence electrons. The highest BCUT2D eigenvalue weighted by Gasteiger charge is 1.99. The Bertz CT molecular complexity index is 271. The largest absolute Gasteiger partial charge is 0.439 e. The van der Waals surface area contributed by atoms with Crippen LogP contribution in [0.5, 0.6) is 0 Å². The molecular formula is C4H5N3O2. The first-order valence-corrected chi connectivity index (χ1v) is 2.31. The first kappa shape index (κ1) is 5.74. The summed E-state index contributed by atoms with van der Waals surface area (Å²) in [6, 6.07) is 0. The second-order valence-corrected chi connectivity index (χ2v) is 1.57. The fourth-order valence-corrected chi connectivity index (χ4v) is 0.392. The van der Waals surface area contributed by atoms with Gasteiger partial charge in [0, 0.05) is 0 Å². The smallest absolute Gasteiger partial charge is 0.302 e. The van der Waals surface area contributed by atoms with E-state index in [1.807, 2.05) is 0 Å². The molecule has 1 rings (SSSR count). The molecule has 0 fully saturated rings. The molecule has 0 aliphatic rings. The quantitative estimate of drug-likeness (QED) is 0.510. The van der Waals surface area contributed by atoms with Crippen molar-refractivity contribution in [2.24, 2.45) is 0 Å². The number of nitrogens with zero attached hydrogens (tertiary/aromatic N) is 1. The highest BCUT2D eigenvalue weighted by atomic mass is 16.5. The van der Waals surface area contributed by atoms with Crippen molar-refractivity contribution in [3.05, 3.63) is 16.4 Å². The van der Waals surface area contributed by atoms with Crippen molar-refractivity contribution in [3.63, 3.8) is 0 Å².